The van der Waals surface area contributed by atoms with E-state index < -0.39 is 5.41 Å². The van der Waals surface area contributed by atoms with Crippen LogP contribution in [0.2, 0.25) is 0 Å². The Morgan fingerprint density at radius 1 is 1.30 bits per heavy atom. The van der Waals surface area contributed by atoms with E-state index in [0.29, 0.717) is 24.6 Å². The minimum absolute atomic E-state index is 0.0813. The average molecular weight is 371 g/mol. The lowest BCUT2D eigenvalue weighted by atomic mass is 9.82. The number of aliphatic hydroxyl groups excluding tert-OH is 1. The molecule has 2 aliphatic rings. The van der Waals surface area contributed by atoms with Crippen LogP contribution in [0.25, 0.3) is 0 Å². The van der Waals surface area contributed by atoms with Crippen LogP contribution in [0, 0.1) is 22.7 Å². The van der Waals surface area contributed by atoms with Crippen LogP contribution < -0.4 is 4.74 Å². The Balaban J connectivity index is 1.64. The number of hydrogen-bond acceptors (Lipinski definition) is 5. The standard InChI is InChI=1S/C21H29N3O3/c1-21(2)16(14-27-19-10-7-15(11-22)12-23-19)13-24(20(21)26)17-5-3-4-6-18(25)9-8-17/h7,10,12,16-18,25H,3-6,8-9,13-14H2,1-2H3. The second-order valence-corrected chi connectivity index (χ2v) is 8.35. The first kappa shape index (κ1) is 19.6. The highest BCUT2D eigenvalue weighted by Gasteiger charge is 2.49. The number of pyridine rings is 1. The minimum Gasteiger partial charge on any atom is -0.477 e. The van der Waals surface area contributed by atoms with Crippen LogP contribution in [0.3, 0.4) is 0 Å². The van der Waals surface area contributed by atoms with Crippen LogP contribution in [-0.4, -0.2) is 46.2 Å². The summed E-state index contributed by atoms with van der Waals surface area (Å²) in [5.41, 5.74) is 0.0180. The van der Waals surface area contributed by atoms with E-state index in [9.17, 15) is 9.90 Å². The number of hydrogen-bond donors (Lipinski definition) is 1. The van der Waals surface area contributed by atoms with Crippen LogP contribution >= 0.6 is 0 Å². The van der Waals surface area contributed by atoms with Crippen LogP contribution in [0.15, 0.2) is 18.3 Å². The monoisotopic (exact) mass is 371 g/mol. The highest BCUT2D eigenvalue weighted by atomic mass is 16.5. The Hall–Kier alpha value is -2.13. The molecule has 1 saturated carbocycles. The summed E-state index contributed by atoms with van der Waals surface area (Å²) in [6.07, 6.45) is 6.87. The quantitative estimate of drug-likeness (QED) is 0.879. The first-order valence-corrected chi connectivity index (χ1v) is 9.90. The summed E-state index contributed by atoms with van der Waals surface area (Å²) in [6, 6.07) is 5.62. The Bertz CT molecular complexity index is 696. The number of likely N-dealkylation sites (tertiary alicyclic amines) is 1. The van der Waals surface area contributed by atoms with Crippen molar-refractivity contribution in [1.29, 1.82) is 5.26 Å². The van der Waals surface area contributed by atoms with Crippen molar-refractivity contribution in [2.24, 2.45) is 11.3 Å². The lowest BCUT2D eigenvalue weighted by Gasteiger charge is -2.31. The maximum Gasteiger partial charge on any atom is 0.228 e. The largest absolute Gasteiger partial charge is 0.477 e. The van der Waals surface area contributed by atoms with Gasteiger partial charge in [0.25, 0.3) is 0 Å². The SMILES string of the molecule is CC1(C)C(=O)N(C2CCCCC(O)CC2)CC1COc1ccc(C#N)cn1. The number of aromatic nitrogens is 1. The maximum absolute atomic E-state index is 13.1. The topological polar surface area (TPSA) is 86.5 Å². The van der Waals surface area contributed by atoms with E-state index in [0.717, 1.165) is 38.5 Å². The van der Waals surface area contributed by atoms with Gasteiger partial charge in [0.1, 0.15) is 6.07 Å². The number of amides is 1. The van der Waals surface area contributed by atoms with Gasteiger partial charge >= 0.3 is 0 Å². The summed E-state index contributed by atoms with van der Waals surface area (Å²) in [5, 5.41) is 18.8. The number of nitrogens with zero attached hydrogens (tertiary/aromatic N) is 3. The fourth-order valence-electron chi connectivity index (χ4n) is 4.13. The summed E-state index contributed by atoms with van der Waals surface area (Å²) in [5.74, 6) is 0.742. The predicted octanol–water partition coefficient (Wildman–Crippen LogP) is 2.90. The fraction of sp³-hybridized carbons (Fsp3) is 0.667. The molecule has 27 heavy (non-hydrogen) atoms. The minimum atomic E-state index is -0.479. The number of ether oxygens (including phenoxy) is 1. The van der Waals surface area contributed by atoms with E-state index in [4.69, 9.17) is 10.00 Å². The van der Waals surface area contributed by atoms with Gasteiger partial charge in [0.05, 0.1) is 23.7 Å². The van der Waals surface area contributed by atoms with Crippen molar-refractivity contribution in [2.45, 2.75) is 64.5 Å². The van der Waals surface area contributed by atoms with Gasteiger partial charge in [0, 0.05) is 30.8 Å². The normalized spacial score (nSPS) is 28.3. The van der Waals surface area contributed by atoms with E-state index in [-0.39, 0.29) is 24.0 Å². The maximum atomic E-state index is 13.1. The van der Waals surface area contributed by atoms with Crippen molar-refractivity contribution in [1.82, 2.24) is 9.88 Å². The molecular weight excluding hydrogens is 342 g/mol. The van der Waals surface area contributed by atoms with Crippen molar-refractivity contribution < 1.29 is 14.6 Å². The highest BCUT2D eigenvalue weighted by Crippen LogP contribution is 2.39. The molecule has 1 amide bonds. The van der Waals surface area contributed by atoms with Gasteiger partial charge < -0.3 is 14.7 Å². The van der Waals surface area contributed by atoms with Gasteiger partial charge in [-0.3, -0.25) is 4.79 Å². The molecule has 1 N–H and O–H groups in total. The molecule has 0 aromatic carbocycles. The molecule has 1 aromatic heterocycles. The number of carbonyl (C=O) groups excluding carboxylic acids is 1. The molecule has 146 valence electrons. The Kier molecular flexibility index (Phi) is 6.01. The summed E-state index contributed by atoms with van der Waals surface area (Å²) in [7, 11) is 0. The molecule has 1 aliphatic carbocycles. The summed E-state index contributed by atoms with van der Waals surface area (Å²) >= 11 is 0. The summed E-state index contributed by atoms with van der Waals surface area (Å²) in [6.45, 7) is 5.09. The van der Waals surface area contributed by atoms with Gasteiger partial charge in [-0.25, -0.2) is 4.98 Å². The van der Waals surface area contributed by atoms with Crippen molar-refractivity contribution in [2.75, 3.05) is 13.2 Å². The van der Waals surface area contributed by atoms with Crippen LogP contribution in [0.5, 0.6) is 5.88 Å². The van der Waals surface area contributed by atoms with Gasteiger partial charge in [-0.1, -0.05) is 26.7 Å². The molecular formula is C21H29N3O3. The third-order valence-corrected chi connectivity index (χ3v) is 6.15. The van der Waals surface area contributed by atoms with E-state index in [2.05, 4.69) is 4.98 Å². The third kappa shape index (κ3) is 4.41. The highest BCUT2D eigenvalue weighted by molar-refractivity contribution is 5.85. The zero-order valence-electron chi connectivity index (χ0n) is 16.2. The molecule has 3 unspecified atom stereocenters. The van der Waals surface area contributed by atoms with Crippen molar-refractivity contribution in [3.05, 3.63) is 23.9 Å². The molecule has 3 atom stereocenters. The van der Waals surface area contributed by atoms with E-state index in [1.165, 1.54) is 6.20 Å². The van der Waals surface area contributed by atoms with Gasteiger partial charge in [-0.2, -0.15) is 5.26 Å². The smallest absolute Gasteiger partial charge is 0.228 e. The molecule has 6 nitrogen and oxygen atoms in total. The molecule has 1 aliphatic heterocycles. The van der Waals surface area contributed by atoms with Gasteiger partial charge in [-0.15, -0.1) is 0 Å². The second kappa shape index (κ2) is 8.26. The van der Waals surface area contributed by atoms with Gasteiger partial charge in [-0.05, 0) is 31.7 Å². The Morgan fingerprint density at radius 2 is 2.07 bits per heavy atom. The number of aliphatic hydroxyl groups is 1. The molecule has 2 heterocycles. The lowest BCUT2D eigenvalue weighted by Crippen LogP contribution is -2.40. The van der Waals surface area contributed by atoms with E-state index in [1.807, 2.05) is 24.8 Å². The number of carbonyl (C=O) groups is 1. The predicted molar refractivity (Wildman–Crippen MR) is 101 cm³/mol. The molecule has 1 saturated heterocycles. The zero-order valence-corrected chi connectivity index (χ0v) is 16.2. The molecule has 2 fully saturated rings. The third-order valence-electron chi connectivity index (χ3n) is 6.15. The second-order valence-electron chi connectivity index (χ2n) is 8.35. The average Bonchev–Trinajstić information content (AvgIpc) is 2.87. The van der Waals surface area contributed by atoms with Gasteiger partial charge in [0.2, 0.25) is 11.8 Å². The molecule has 0 bridgehead atoms. The fourth-order valence-corrected chi connectivity index (χ4v) is 4.13. The van der Waals surface area contributed by atoms with Crippen molar-refractivity contribution in [3.8, 4) is 11.9 Å². The molecule has 0 radical (unpaired) electrons. The molecule has 1 aromatic rings. The van der Waals surface area contributed by atoms with E-state index in [1.54, 1.807) is 12.1 Å². The number of rotatable bonds is 4. The first-order chi connectivity index (χ1) is 12.9. The van der Waals surface area contributed by atoms with Crippen LogP contribution in [0.1, 0.15) is 57.9 Å². The van der Waals surface area contributed by atoms with Crippen molar-refractivity contribution in [3.63, 3.8) is 0 Å². The molecule has 3 rings (SSSR count). The van der Waals surface area contributed by atoms with Crippen LogP contribution in [0.4, 0.5) is 0 Å². The first-order valence-electron chi connectivity index (χ1n) is 9.90. The van der Waals surface area contributed by atoms with Crippen molar-refractivity contribution >= 4 is 5.91 Å². The van der Waals surface area contributed by atoms with Gasteiger partial charge in [0.15, 0.2) is 0 Å². The Labute approximate surface area is 161 Å². The number of nitriles is 1. The molecule has 0 spiro atoms. The van der Waals surface area contributed by atoms with E-state index >= 15 is 0 Å². The summed E-state index contributed by atoms with van der Waals surface area (Å²) in [4.78, 5) is 19.2. The zero-order chi connectivity index (χ0) is 19.4. The lowest BCUT2D eigenvalue weighted by molar-refractivity contribution is -0.137. The summed E-state index contributed by atoms with van der Waals surface area (Å²) < 4.78 is 5.83. The Morgan fingerprint density at radius 3 is 2.78 bits per heavy atom. The molecule has 6 heteroatoms. The van der Waals surface area contributed by atoms with Crippen LogP contribution in [-0.2, 0) is 4.79 Å².